The summed E-state index contributed by atoms with van der Waals surface area (Å²) in [6, 6.07) is 0. The van der Waals surface area contributed by atoms with E-state index in [2.05, 4.69) is 41.5 Å². The third-order valence-electron chi connectivity index (χ3n) is 22.0. The number of carbonyl (C=O) groups excluding carboxylic acids is 4. The minimum atomic E-state index is -4.97. The quantitative estimate of drug-likeness (QED) is 0.0222. The molecule has 0 aromatic heterocycles. The summed E-state index contributed by atoms with van der Waals surface area (Å²) < 4.78 is 69.1. The van der Waals surface area contributed by atoms with E-state index in [1.54, 1.807) is 0 Å². The number of phosphoric ester groups is 2. The van der Waals surface area contributed by atoms with Gasteiger partial charge in [0.05, 0.1) is 26.4 Å². The second-order valence-corrected chi connectivity index (χ2v) is 37.3. The molecule has 5 atom stereocenters. The molecule has 0 saturated carbocycles. The third-order valence-corrected chi connectivity index (χ3v) is 23.9. The zero-order valence-corrected chi connectivity index (χ0v) is 75.8. The lowest BCUT2D eigenvalue weighted by molar-refractivity contribution is -0.161. The fraction of sp³-hybridized carbons (Fsp3) is 0.957. The summed E-state index contributed by atoms with van der Waals surface area (Å²) in [5, 5.41) is 10.7. The number of aliphatic hydroxyl groups excluding tert-OH is 1. The second-order valence-electron chi connectivity index (χ2n) is 34.4. The molecule has 0 aromatic carbocycles. The lowest BCUT2D eigenvalue weighted by Gasteiger charge is -2.21. The average molecular weight is 1630 g/mol. The highest BCUT2D eigenvalue weighted by molar-refractivity contribution is 7.47. The Bertz CT molecular complexity index is 2130. The van der Waals surface area contributed by atoms with Crippen molar-refractivity contribution >= 4 is 39.5 Å². The molecular formula is C93H182O17P2. The molecule has 0 radical (unpaired) electrons. The van der Waals surface area contributed by atoms with Gasteiger partial charge in [-0.1, -0.05) is 452 Å². The van der Waals surface area contributed by atoms with E-state index >= 15 is 0 Å². The fourth-order valence-electron chi connectivity index (χ4n) is 14.7. The van der Waals surface area contributed by atoms with Crippen LogP contribution < -0.4 is 0 Å². The molecule has 17 nitrogen and oxygen atoms in total. The first-order chi connectivity index (χ1) is 54.4. The smallest absolute Gasteiger partial charge is 0.462 e. The number of rotatable bonds is 92. The molecule has 0 rings (SSSR count). The van der Waals surface area contributed by atoms with Crippen molar-refractivity contribution in [2.45, 2.75) is 522 Å². The molecule has 0 bridgehead atoms. The number of phosphoric acid groups is 2. The summed E-state index contributed by atoms with van der Waals surface area (Å²) in [6.07, 6.45) is 79.3. The van der Waals surface area contributed by atoms with Crippen molar-refractivity contribution in [2.75, 3.05) is 39.6 Å². The molecule has 112 heavy (non-hydrogen) atoms. The lowest BCUT2D eigenvalue weighted by atomic mass is 10.0. The lowest BCUT2D eigenvalue weighted by Crippen LogP contribution is -2.30. The molecule has 19 heteroatoms. The van der Waals surface area contributed by atoms with Crippen molar-refractivity contribution < 1.29 is 80.2 Å². The van der Waals surface area contributed by atoms with Crippen LogP contribution >= 0.6 is 15.6 Å². The van der Waals surface area contributed by atoms with Crippen molar-refractivity contribution in [3.05, 3.63) is 0 Å². The maximum Gasteiger partial charge on any atom is 0.472 e. The van der Waals surface area contributed by atoms with Gasteiger partial charge in [0.2, 0.25) is 0 Å². The maximum atomic E-state index is 13.2. The average Bonchev–Trinajstić information content (AvgIpc) is 0.899. The highest BCUT2D eigenvalue weighted by Gasteiger charge is 2.31. The standard InChI is InChI=1S/C93H182O17P2/c1-7-9-11-13-15-17-19-21-23-25-27-29-31-33-38-42-46-52-59-65-71-77-92(97)109-88(81-103-90(95)75-69-63-57-51-45-41-37-32-30-28-26-24-22-20-18-16-14-12-10-8-2)83-107-111(99,100)105-79-87(94)80-106-112(101,102)108-84-89(82-104-91(96)76-70-64-58-54-48-50-56-62-68-74-86(5)6)110-93(98)78-72-66-60-53-47-43-39-35-34-36-40-44-49-55-61-67-73-85(3)4/h85-89,94H,7-84H2,1-6H3,(H,99,100)(H,101,102)/t87-,88-,89-/m1/s1. The van der Waals surface area contributed by atoms with Gasteiger partial charge in [-0.05, 0) is 37.5 Å². The minimum Gasteiger partial charge on any atom is -0.462 e. The van der Waals surface area contributed by atoms with E-state index in [1.165, 1.54) is 321 Å². The van der Waals surface area contributed by atoms with Crippen LogP contribution in [0.1, 0.15) is 504 Å². The zero-order chi connectivity index (χ0) is 82.0. The summed E-state index contributed by atoms with van der Waals surface area (Å²) in [6.45, 7) is 9.73. The summed E-state index contributed by atoms with van der Waals surface area (Å²) in [7, 11) is -9.94. The number of aliphatic hydroxyl groups is 1. The van der Waals surface area contributed by atoms with Gasteiger partial charge in [0.15, 0.2) is 12.2 Å². The van der Waals surface area contributed by atoms with Crippen molar-refractivity contribution in [3.63, 3.8) is 0 Å². The van der Waals surface area contributed by atoms with Gasteiger partial charge >= 0.3 is 39.5 Å². The van der Waals surface area contributed by atoms with Gasteiger partial charge in [-0.15, -0.1) is 0 Å². The normalized spacial score (nSPS) is 13.7. The predicted octanol–water partition coefficient (Wildman–Crippen LogP) is 29.0. The number of hydrogen-bond acceptors (Lipinski definition) is 15. The molecule has 0 fully saturated rings. The SMILES string of the molecule is CCCCCCCCCCCCCCCCCCCCCCCC(=O)O[C@H](COC(=O)CCCCCCCCCCCCCCCCCCCCCC)COP(=O)(O)OC[C@@H](O)COP(=O)(O)OC[C@@H](COC(=O)CCCCCCCCCCCC(C)C)OC(=O)CCCCCCCCCCCCCCCCCCC(C)C. The van der Waals surface area contributed by atoms with E-state index in [-0.39, 0.29) is 25.7 Å². The first kappa shape index (κ1) is 110. The molecule has 3 N–H and O–H groups in total. The van der Waals surface area contributed by atoms with Crippen molar-refractivity contribution in [2.24, 2.45) is 11.8 Å². The number of unbranched alkanes of at least 4 members (excludes halogenated alkanes) is 62. The van der Waals surface area contributed by atoms with Gasteiger partial charge in [-0.3, -0.25) is 37.3 Å². The van der Waals surface area contributed by atoms with Crippen LogP contribution in [0.4, 0.5) is 0 Å². The molecule has 0 amide bonds. The Morgan fingerprint density at radius 3 is 0.607 bits per heavy atom. The van der Waals surface area contributed by atoms with Crippen LogP contribution in [0.25, 0.3) is 0 Å². The number of carbonyl (C=O) groups is 4. The molecule has 0 saturated heterocycles. The van der Waals surface area contributed by atoms with Crippen LogP contribution in [0, 0.1) is 11.8 Å². The second kappa shape index (κ2) is 84.1. The van der Waals surface area contributed by atoms with Crippen LogP contribution in [-0.4, -0.2) is 96.7 Å². The Morgan fingerprint density at radius 2 is 0.411 bits per heavy atom. The van der Waals surface area contributed by atoms with Crippen molar-refractivity contribution in [3.8, 4) is 0 Å². The summed E-state index contributed by atoms with van der Waals surface area (Å²) >= 11 is 0. The Balaban J connectivity index is 5.24. The van der Waals surface area contributed by atoms with Gasteiger partial charge in [-0.25, -0.2) is 9.13 Å². The topological polar surface area (TPSA) is 237 Å². The predicted molar refractivity (Wildman–Crippen MR) is 465 cm³/mol. The van der Waals surface area contributed by atoms with Crippen LogP contribution in [0.5, 0.6) is 0 Å². The highest BCUT2D eigenvalue weighted by Crippen LogP contribution is 2.45. The molecule has 2 unspecified atom stereocenters. The van der Waals surface area contributed by atoms with Crippen molar-refractivity contribution in [1.82, 2.24) is 0 Å². The number of ether oxygens (including phenoxy) is 4. The number of esters is 4. The Kier molecular flexibility index (Phi) is 82.6. The Morgan fingerprint density at radius 1 is 0.241 bits per heavy atom. The molecular weight excluding hydrogens is 1450 g/mol. The maximum absolute atomic E-state index is 13.2. The van der Waals surface area contributed by atoms with Crippen LogP contribution in [-0.2, 0) is 65.4 Å². The fourth-order valence-corrected chi connectivity index (χ4v) is 16.2. The van der Waals surface area contributed by atoms with E-state index in [4.69, 9.17) is 37.0 Å². The van der Waals surface area contributed by atoms with Crippen LogP contribution in [0.3, 0.4) is 0 Å². The van der Waals surface area contributed by atoms with E-state index in [0.717, 1.165) is 102 Å². The van der Waals surface area contributed by atoms with Gasteiger partial charge in [0.25, 0.3) is 0 Å². The highest BCUT2D eigenvalue weighted by atomic mass is 31.2. The molecule has 666 valence electrons. The first-order valence-corrected chi connectivity index (χ1v) is 51.0. The van der Waals surface area contributed by atoms with Crippen LogP contribution in [0.2, 0.25) is 0 Å². The van der Waals surface area contributed by atoms with Gasteiger partial charge < -0.3 is 33.8 Å². The van der Waals surface area contributed by atoms with Crippen molar-refractivity contribution in [1.29, 1.82) is 0 Å². The Hall–Kier alpha value is -1.94. The molecule has 0 aliphatic heterocycles. The third kappa shape index (κ3) is 85.9. The monoisotopic (exact) mass is 1630 g/mol. The molecule has 0 aromatic rings. The molecule has 0 aliphatic rings. The van der Waals surface area contributed by atoms with E-state index in [1.807, 2.05) is 0 Å². The first-order valence-electron chi connectivity index (χ1n) is 48.0. The zero-order valence-electron chi connectivity index (χ0n) is 74.0. The Labute approximate surface area is 689 Å². The van der Waals surface area contributed by atoms with E-state index < -0.39 is 97.5 Å². The minimum absolute atomic E-state index is 0.108. The largest absolute Gasteiger partial charge is 0.472 e. The van der Waals surface area contributed by atoms with E-state index in [9.17, 15) is 43.2 Å². The molecule has 0 aliphatic carbocycles. The molecule has 0 heterocycles. The van der Waals surface area contributed by atoms with Gasteiger partial charge in [-0.2, -0.15) is 0 Å². The van der Waals surface area contributed by atoms with Gasteiger partial charge in [0, 0.05) is 25.7 Å². The summed E-state index contributed by atoms with van der Waals surface area (Å²) in [5.41, 5.74) is 0. The number of hydrogen-bond donors (Lipinski definition) is 3. The van der Waals surface area contributed by atoms with Gasteiger partial charge in [0.1, 0.15) is 19.3 Å². The molecule has 0 spiro atoms. The van der Waals surface area contributed by atoms with Crippen LogP contribution in [0.15, 0.2) is 0 Å². The van der Waals surface area contributed by atoms with E-state index in [0.29, 0.717) is 25.7 Å². The summed E-state index contributed by atoms with van der Waals surface area (Å²) in [5.74, 6) is -0.541. The summed E-state index contributed by atoms with van der Waals surface area (Å²) in [4.78, 5) is 73.5.